The van der Waals surface area contributed by atoms with Crippen LogP contribution in [0.4, 0.5) is 15.9 Å². The third-order valence-electron chi connectivity index (χ3n) is 3.95. The van der Waals surface area contributed by atoms with Crippen LogP contribution in [0.3, 0.4) is 0 Å². The average molecular weight is 409 g/mol. The smallest absolute Gasteiger partial charge is 0.253 e. The molecule has 0 aliphatic carbocycles. The van der Waals surface area contributed by atoms with E-state index in [1.165, 1.54) is 6.07 Å². The van der Waals surface area contributed by atoms with Crippen molar-refractivity contribution in [3.63, 3.8) is 0 Å². The summed E-state index contributed by atoms with van der Waals surface area (Å²) in [4.78, 5) is 18.2. The number of ether oxygens (including phenoxy) is 1. The van der Waals surface area contributed by atoms with Gasteiger partial charge < -0.3 is 20.7 Å². The van der Waals surface area contributed by atoms with Crippen molar-refractivity contribution in [2.75, 3.05) is 36.5 Å². The van der Waals surface area contributed by atoms with Crippen LogP contribution in [0, 0.1) is 5.82 Å². The van der Waals surface area contributed by atoms with Crippen molar-refractivity contribution >= 4 is 33.3 Å². The summed E-state index contributed by atoms with van der Waals surface area (Å²) < 4.78 is 20.0. The number of amides is 1. The lowest BCUT2D eigenvalue weighted by Crippen LogP contribution is -2.37. The Balaban J connectivity index is 1.84. The first-order chi connectivity index (χ1) is 12.1. The molecular formula is C17H18BrFN4O2. The Morgan fingerprint density at radius 3 is 2.88 bits per heavy atom. The highest BCUT2D eigenvalue weighted by Crippen LogP contribution is 2.26. The molecule has 2 aromatic rings. The first-order valence-corrected chi connectivity index (χ1v) is 8.65. The third kappa shape index (κ3) is 4.08. The van der Waals surface area contributed by atoms with E-state index in [1.54, 1.807) is 12.3 Å². The number of nitrogens with zero attached hydrogens (tertiary/aromatic N) is 2. The average Bonchev–Trinajstić information content (AvgIpc) is 2.60. The minimum atomic E-state index is -0.813. The van der Waals surface area contributed by atoms with Crippen molar-refractivity contribution in [2.45, 2.75) is 6.54 Å². The molecule has 0 saturated carbocycles. The molecule has 3 rings (SSSR count). The topological polar surface area (TPSA) is 80.5 Å². The Hall–Kier alpha value is -2.19. The van der Waals surface area contributed by atoms with Crippen LogP contribution in [0.15, 0.2) is 34.9 Å². The molecule has 0 unspecified atom stereocenters. The fourth-order valence-corrected chi connectivity index (χ4v) is 3.21. The van der Waals surface area contributed by atoms with Crippen LogP contribution in [-0.2, 0) is 11.3 Å². The van der Waals surface area contributed by atoms with Gasteiger partial charge >= 0.3 is 0 Å². The molecule has 132 valence electrons. The van der Waals surface area contributed by atoms with E-state index in [9.17, 15) is 9.18 Å². The van der Waals surface area contributed by atoms with Gasteiger partial charge in [0.25, 0.3) is 5.91 Å². The van der Waals surface area contributed by atoms with E-state index in [4.69, 9.17) is 10.5 Å². The lowest BCUT2D eigenvalue weighted by atomic mass is 10.1. The number of nitrogens with one attached hydrogen (secondary N) is 1. The molecule has 1 aromatic heterocycles. The predicted octanol–water partition coefficient (Wildman–Crippen LogP) is 2.53. The quantitative estimate of drug-likeness (QED) is 0.794. The Kier molecular flexibility index (Phi) is 5.50. The zero-order chi connectivity index (χ0) is 17.8. The number of carbonyl (C=O) groups is 1. The summed E-state index contributed by atoms with van der Waals surface area (Å²) in [5.74, 6) is -0.620. The van der Waals surface area contributed by atoms with E-state index in [1.807, 2.05) is 12.1 Å². The molecule has 2 heterocycles. The van der Waals surface area contributed by atoms with Crippen LogP contribution in [0.25, 0.3) is 0 Å². The highest BCUT2D eigenvalue weighted by Gasteiger charge is 2.18. The van der Waals surface area contributed by atoms with Crippen molar-refractivity contribution in [3.8, 4) is 0 Å². The highest BCUT2D eigenvalue weighted by molar-refractivity contribution is 9.10. The molecule has 0 atom stereocenters. The standard InChI is InChI=1S/C17H18BrFN4O2/c18-12-8-13(19)15(16(20)24)14(9-12)22-10-11-2-1-3-21-17(11)23-4-6-25-7-5-23/h1-3,8-9,22H,4-7,10H2,(H2,20,24). The predicted molar refractivity (Wildman–Crippen MR) is 97.2 cm³/mol. The maximum absolute atomic E-state index is 14.1. The van der Waals surface area contributed by atoms with Gasteiger partial charge in [-0.15, -0.1) is 0 Å². The number of morpholine rings is 1. The zero-order valence-electron chi connectivity index (χ0n) is 13.5. The van der Waals surface area contributed by atoms with Crippen LogP contribution < -0.4 is 16.0 Å². The van der Waals surface area contributed by atoms with Gasteiger partial charge in [0.05, 0.1) is 24.5 Å². The van der Waals surface area contributed by atoms with Crippen molar-refractivity contribution in [3.05, 3.63) is 51.9 Å². The molecule has 1 fully saturated rings. The summed E-state index contributed by atoms with van der Waals surface area (Å²) in [6.45, 7) is 3.24. The van der Waals surface area contributed by atoms with Gasteiger partial charge in [0, 0.05) is 35.9 Å². The number of carbonyl (C=O) groups excluding carboxylic acids is 1. The lowest BCUT2D eigenvalue weighted by molar-refractivity contribution is 0.0997. The first kappa shape index (κ1) is 17.6. The largest absolute Gasteiger partial charge is 0.380 e. The van der Waals surface area contributed by atoms with Gasteiger partial charge in [0.2, 0.25) is 0 Å². The number of benzene rings is 1. The number of nitrogens with two attached hydrogens (primary N) is 1. The van der Waals surface area contributed by atoms with E-state index in [2.05, 4.69) is 31.1 Å². The van der Waals surface area contributed by atoms with Crippen LogP contribution in [0.1, 0.15) is 15.9 Å². The molecule has 6 nitrogen and oxygen atoms in total. The Bertz CT molecular complexity index is 781. The molecule has 1 amide bonds. The van der Waals surface area contributed by atoms with Crippen LogP contribution in [0.2, 0.25) is 0 Å². The van der Waals surface area contributed by atoms with Crippen molar-refractivity contribution in [2.24, 2.45) is 5.73 Å². The van der Waals surface area contributed by atoms with E-state index < -0.39 is 11.7 Å². The molecule has 1 aliphatic heterocycles. The van der Waals surface area contributed by atoms with E-state index in [0.29, 0.717) is 29.9 Å². The number of halogens is 2. The van der Waals surface area contributed by atoms with E-state index in [0.717, 1.165) is 24.5 Å². The van der Waals surface area contributed by atoms with Gasteiger partial charge in [0.1, 0.15) is 11.6 Å². The number of pyridine rings is 1. The van der Waals surface area contributed by atoms with Gasteiger partial charge in [-0.1, -0.05) is 22.0 Å². The third-order valence-corrected chi connectivity index (χ3v) is 4.41. The number of aromatic nitrogens is 1. The molecule has 1 aromatic carbocycles. The minimum Gasteiger partial charge on any atom is -0.380 e. The first-order valence-electron chi connectivity index (χ1n) is 7.85. The van der Waals surface area contributed by atoms with Crippen LogP contribution in [-0.4, -0.2) is 37.2 Å². The summed E-state index contributed by atoms with van der Waals surface area (Å²) in [6, 6.07) is 6.64. The fourth-order valence-electron chi connectivity index (χ4n) is 2.78. The van der Waals surface area contributed by atoms with E-state index >= 15 is 0 Å². The summed E-state index contributed by atoms with van der Waals surface area (Å²) in [5, 5.41) is 3.10. The van der Waals surface area contributed by atoms with Gasteiger partial charge in [-0.05, 0) is 18.2 Å². The monoisotopic (exact) mass is 408 g/mol. The van der Waals surface area contributed by atoms with Gasteiger partial charge in [-0.25, -0.2) is 9.37 Å². The van der Waals surface area contributed by atoms with E-state index in [-0.39, 0.29) is 5.56 Å². The summed E-state index contributed by atoms with van der Waals surface area (Å²) in [7, 11) is 0. The molecule has 0 radical (unpaired) electrons. The fraction of sp³-hybridized carbons (Fsp3) is 0.294. The number of hydrogen-bond acceptors (Lipinski definition) is 5. The minimum absolute atomic E-state index is 0.153. The van der Waals surface area contributed by atoms with Gasteiger partial charge in [0.15, 0.2) is 0 Å². The van der Waals surface area contributed by atoms with Crippen molar-refractivity contribution in [1.29, 1.82) is 0 Å². The van der Waals surface area contributed by atoms with Crippen molar-refractivity contribution < 1.29 is 13.9 Å². The molecular weight excluding hydrogens is 391 g/mol. The van der Waals surface area contributed by atoms with Gasteiger partial charge in [-0.3, -0.25) is 4.79 Å². The zero-order valence-corrected chi connectivity index (χ0v) is 15.1. The maximum Gasteiger partial charge on any atom is 0.253 e. The van der Waals surface area contributed by atoms with Crippen molar-refractivity contribution in [1.82, 2.24) is 4.98 Å². The van der Waals surface area contributed by atoms with Crippen LogP contribution >= 0.6 is 15.9 Å². The molecule has 0 spiro atoms. The number of primary amides is 1. The number of anilines is 2. The Morgan fingerprint density at radius 1 is 1.40 bits per heavy atom. The molecule has 1 saturated heterocycles. The molecule has 3 N–H and O–H groups in total. The Morgan fingerprint density at radius 2 is 2.16 bits per heavy atom. The second kappa shape index (κ2) is 7.79. The Labute approximate surface area is 153 Å². The van der Waals surface area contributed by atoms with Crippen LogP contribution in [0.5, 0.6) is 0 Å². The summed E-state index contributed by atoms with van der Waals surface area (Å²) in [5.41, 5.74) is 6.45. The summed E-state index contributed by atoms with van der Waals surface area (Å²) in [6.07, 6.45) is 1.74. The highest BCUT2D eigenvalue weighted by atomic mass is 79.9. The lowest BCUT2D eigenvalue weighted by Gasteiger charge is -2.29. The molecule has 0 bridgehead atoms. The second-order valence-corrected chi connectivity index (χ2v) is 6.53. The second-order valence-electron chi connectivity index (χ2n) is 5.61. The maximum atomic E-state index is 14.1. The SMILES string of the molecule is NC(=O)c1c(F)cc(Br)cc1NCc1cccnc1N1CCOCC1. The molecule has 1 aliphatic rings. The van der Waals surface area contributed by atoms with Gasteiger partial charge in [-0.2, -0.15) is 0 Å². The number of rotatable bonds is 5. The normalized spacial score (nSPS) is 14.4. The summed E-state index contributed by atoms with van der Waals surface area (Å²) >= 11 is 3.23. The number of hydrogen-bond donors (Lipinski definition) is 2. The molecule has 25 heavy (non-hydrogen) atoms. The molecule has 8 heteroatoms.